The molecular weight excluding hydrogens is 368 g/mol. The smallest absolute Gasteiger partial charge is 0.253 e. The van der Waals surface area contributed by atoms with Crippen LogP contribution in [-0.2, 0) is 0 Å². The van der Waals surface area contributed by atoms with E-state index in [1.54, 1.807) is 7.11 Å². The van der Waals surface area contributed by atoms with Crippen LogP contribution in [0.4, 0.5) is 5.88 Å². The Kier molecular flexibility index (Phi) is 5.16. The molecule has 7 nitrogen and oxygen atoms in total. The van der Waals surface area contributed by atoms with Gasteiger partial charge >= 0.3 is 0 Å². The second-order valence-electron chi connectivity index (χ2n) is 6.63. The van der Waals surface area contributed by atoms with Crippen molar-refractivity contribution in [1.82, 2.24) is 9.88 Å². The zero-order valence-electron chi connectivity index (χ0n) is 16.0. The van der Waals surface area contributed by atoms with Crippen molar-refractivity contribution in [3.05, 3.63) is 65.9 Å². The number of benzene rings is 2. The Labute approximate surface area is 168 Å². The standard InChI is InChI=1S/C22H20N4O3/c1-28-19-10-6-5-9-17(19)20-24-18(15-23)22(29-20)26-13-11-25(12-14-26)21(27)16-7-3-2-4-8-16/h2-10H,11-14H2,1H3. The second-order valence-corrected chi connectivity index (χ2v) is 6.63. The third kappa shape index (κ3) is 3.65. The number of para-hydroxylation sites is 1. The van der Waals surface area contributed by atoms with E-state index < -0.39 is 0 Å². The number of hydrogen-bond donors (Lipinski definition) is 0. The van der Waals surface area contributed by atoms with E-state index in [0.29, 0.717) is 54.8 Å². The highest BCUT2D eigenvalue weighted by molar-refractivity contribution is 5.94. The molecule has 1 fully saturated rings. The molecule has 0 aliphatic carbocycles. The second kappa shape index (κ2) is 8.07. The van der Waals surface area contributed by atoms with E-state index >= 15 is 0 Å². The first-order chi connectivity index (χ1) is 14.2. The molecule has 1 aliphatic rings. The summed E-state index contributed by atoms with van der Waals surface area (Å²) < 4.78 is 11.3. The molecule has 0 bridgehead atoms. The Balaban J connectivity index is 1.52. The van der Waals surface area contributed by atoms with Crippen LogP contribution in [0.25, 0.3) is 11.5 Å². The minimum Gasteiger partial charge on any atom is -0.496 e. The lowest BCUT2D eigenvalue weighted by atomic mass is 10.2. The van der Waals surface area contributed by atoms with Crippen molar-refractivity contribution in [2.45, 2.75) is 0 Å². The molecular formula is C22H20N4O3. The molecule has 0 radical (unpaired) electrons. The van der Waals surface area contributed by atoms with Crippen LogP contribution in [0.2, 0.25) is 0 Å². The third-order valence-electron chi connectivity index (χ3n) is 4.93. The van der Waals surface area contributed by atoms with E-state index in [1.165, 1.54) is 0 Å². The average Bonchev–Trinajstić information content (AvgIpc) is 3.23. The molecule has 1 aliphatic heterocycles. The number of hydrogen-bond acceptors (Lipinski definition) is 6. The molecule has 4 rings (SSSR count). The van der Waals surface area contributed by atoms with Gasteiger partial charge in [0, 0.05) is 31.7 Å². The van der Waals surface area contributed by atoms with Gasteiger partial charge in [0.25, 0.3) is 5.91 Å². The highest BCUT2D eigenvalue weighted by atomic mass is 16.5. The van der Waals surface area contributed by atoms with Gasteiger partial charge in [-0.3, -0.25) is 4.79 Å². The molecule has 0 atom stereocenters. The molecule has 0 N–H and O–H groups in total. The van der Waals surface area contributed by atoms with Crippen LogP contribution in [0.1, 0.15) is 16.1 Å². The summed E-state index contributed by atoms with van der Waals surface area (Å²) in [5, 5.41) is 9.53. The Bertz CT molecular complexity index is 1050. The van der Waals surface area contributed by atoms with E-state index in [0.717, 1.165) is 0 Å². The summed E-state index contributed by atoms with van der Waals surface area (Å²) in [5.74, 6) is 1.41. The number of nitrogens with zero attached hydrogens (tertiary/aromatic N) is 4. The van der Waals surface area contributed by atoms with Gasteiger partial charge in [0.2, 0.25) is 17.5 Å². The molecule has 29 heavy (non-hydrogen) atoms. The number of carbonyl (C=O) groups is 1. The van der Waals surface area contributed by atoms with Gasteiger partial charge in [-0.25, -0.2) is 0 Å². The number of rotatable bonds is 4. The number of aromatic nitrogens is 1. The number of carbonyl (C=O) groups excluding carboxylic acids is 1. The zero-order valence-corrected chi connectivity index (χ0v) is 16.0. The van der Waals surface area contributed by atoms with E-state index in [2.05, 4.69) is 11.1 Å². The quantitative estimate of drug-likeness (QED) is 0.683. The first-order valence-electron chi connectivity index (χ1n) is 9.35. The van der Waals surface area contributed by atoms with Gasteiger partial charge in [0.1, 0.15) is 11.8 Å². The summed E-state index contributed by atoms with van der Waals surface area (Å²) in [4.78, 5) is 20.8. The molecule has 1 aromatic heterocycles. The summed E-state index contributed by atoms with van der Waals surface area (Å²) in [7, 11) is 1.58. The summed E-state index contributed by atoms with van der Waals surface area (Å²) in [5.41, 5.74) is 1.60. The topological polar surface area (TPSA) is 82.6 Å². The van der Waals surface area contributed by atoms with Crippen LogP contribution in [0.5, 0.6) is 5.75 Å². The molecule has 1 amide bonds. The third-order valence-corrected chi connectivity index (χ3v) is 4.93. The Morgan fingerprint density at radius 2 is 1.76 bits per heavy atom. The largest absolute Gasteiger partial charge is 0.496 e. The zero-order chi connectivity index (χ0) is 20.2. The van der Waals surface area contributed by atoms with E-state index in [4.69, 9.17) is 9.15 Å². The van der Waals surface area contributed by atoms with Crippen LogP contribution in [0.15, 0.2) is 59.0 Å². The lowest BCUT2D eigenvalue weighted by Gasteiger charge is -2.34. The van der Waals surface area contributed by atoms with Gasteiger partial charge in [0.05, 0.1) is 12.7 Å². The molecule has 1 saturated heterocycles. The normalized spacial score (nSPS) is 13.8. The Morgan fingerprint density at radius 3 is 2.45 bits per heavy atom. The maximum atomic E-state index is 12.6. The minimum atomic E-state index is 0.0121. The molecule has 146 valence electrons. The maximum Gasteiger partial charge on any atom is 0.253 e. The number of anilines is 1. The van der Waals surface area contributed by atoms with E-state index in [9.17, 15) is 10.1 Å². The summed E-state index contributed by atoms with van der Waals surface area (Å²) in [6.45, 7) is 2.22. The summed E-state index contributed by atoms with van der Waals surface area (Å²) >= 11 is 0. The first-order valence-corrected chi connectivity index (χ1v) is 9.35. The van der Waals surface area contributed by atoms with Gasteiger partial charge in [-0.2, -0.15) is 10.2 Å². The number of nitriles is 1. The van der Waals surface area contributed by atoms with Gasteiger partial charge in [-0.1, -0.05) is 30.3 Å². The fourth-order valence-electron chi connectivity index (χ4n) is 3.41. The molecule has 2 aromatic carbocycles. The van der Waals surface area contributed by atoms with Crippen molar-refractivity contribution >= 4 is 11.8 Å². The number of amides is 1. The Morgan fingerprint density at radius 1 is 1.07 bits per heavy atom. The molecule has 2 heterocycles. The van der Waals surface area contributed by atoms with Crippen molar-refractivity contribution in [3.8, 4) is 23.3 Å². The van der Waals surface area contributed by atoms with E-state index in [-0.39, 0.29) is 11.6 Å². The molecule has 3 aromatic rings. The predicted octanol–water partition coefficient (Wildman–Crippen LogP) is 3.18. The number of oxazole rings is 1. The van der Waals surface area contributed by atoms with Crippen LogP contribution >= 0.6 is 0 Å². The monoisotopic (exact) mass is 388 g/mol. The predicted molar refractivity (Wildman–Crippen MR) is 108 cm³/mol. The number of piperazine rings is 1. The molecule has 0 unspecified atom stereocenters. The fraction of sp³-hybridized carbons (Fsp3) is 0.227. The van der Waals surface area contributed by atoms with Crippen LogP contribution in [0.3, 0.4) is 0 Å². The van der Waals surface area contributed by atoms with E-state index in [1.807, 2.05) is 64.4 Å². The first kappa shape index (κ1) is 18.6. The summed E-state index contributed by atoms with van der Waals surface area (Å²) in [6, 6.07) is 18.7. The number of ether oxygens (including phenoxy) is 1. The fourth-order valence-corrected chi connectivity index (χ4v) is 3.41. The highest BCUT2D eigenvalue weighted by Crippen LogP contribution is 2.33. The average molecular weight is 388 g/mol. The van der Waals surface area contributed by atoms with Crippen LogP contribution in [-0.4, -0.2) is 49.1 Å². The Hall–Kier alpha value is -3.79. The minimum absolute atomic E-state index is 0.0121. The van der Waals surface area contributed by atoms with Crippen molar-refractivity contribution < 1.29 is 13.9 Å². The molecule has 0 spiro atoms. The van der Waals surface area contributed by atoms with Gasteiger partial charge < -0.3 is 19.0 Å². The lowest BCUT2D eigenvalue weighted by molar-refractivity contribution is 0.0745. The van der Waals surface area contributed by atoms with Crippen LogP contribution < -0.4 is 9.64 Å². The summed E-state index contributed by atoms with van der Waals surface area (Å²) in [6.07, 6.45) is 0. The van der Waals surface area contributed by atoms with Crippen molar-refractivity contribution in [2.24, 2.45) is 0 Å². The van der Waals surface area contributed by atoms with Crippen molar-refractivity contribution in [1.29, 1.82) is 5.26 Å². The molecule has 0 saturated carbocycles. The van der Waals surface area contributed by atoms with Crippen molar-refractivity contribution in [3.63, 3.8) is 0 Å². The van der Waals surface area contributed by atoms with Crippen LogP contribution in [0, 0.1) is 11.3 Å². The van der Waals surface area contributed by atoms with Gasteiger partial charge in [-0.15, -0.1) is 0 Å². The SMILES string of the molecule is COc1ccccc1-c1nc(C#N)c(N2CCN(C(=O)c3ccccc3)CC2)o1. The lowest BCUT2D eigenvalue weighted by Crippen LogP contribution is -2.48. The van der Waals surface area contributed by atoms with Gasteiger partial charge in [0.15, 0.2) is 0 Å². The maximum absolute atomic E-state index is 12.6. The van der Waals surface area contributed by atoms with Gasteiger partial charge in [-0.05, 0) is 24.3 Å². The highest BCUT2D eigenvalue weighted by Gasteiger charge is 2.27. The number of methoxy groups -OCH3 is 1. The molecule has 7 heteroatoms. The van der Waals surface area contributed by atoms with Crippen molar-refractivity contribution in [2.75, 3.05) is 38.2 Å².